The third kappa shape index (κ3) is 3.74. The molecular weight excluding hydrogens is 320 g/mol. The van der Waals surface area contributed by atoms with E-state index in [-0.39, 0.29) is 0 Å². The maximum absolute atomic E-state index is 5.93. The van der Waals surface area contributed by atoms with Crippen molar-refractivity contribution in [2.45, 2.75) is 45.3 Å². The van der Waals surface area contributed by atoms with Gasteiger partial charge in [0.15, 0.2) is 0 Å². The fourth-order valence-electron chi connectivity index (χ4n) is 3.18. The number of aromatic nitrogens is 6. The highest BCUT2D eigenvalue weighted by molar-refractivity contribution is 5.55. The Morgan fingerprint density at radius 2 is 2.08 bits per heavy atom. The Hall–Kier alpha value is -2.61. The highest BCUT2D eigenvalue weighted by Crippen LogP contribution is 2.26. The van der Waals surface area contributed by atoms with Crippen molar-refractivity contribution in [3.63, 3.8) is 0 Å². The molecule has 1 fully saturated rings. The van der Waals surface area contributed by atoms with Gasteiger partial charge in [0.25, 0.3) is 0 Å². The van der Waals surface area contributed by atoms with Gasteiger partial charge in [-0.2, -0.15) is 0 Å². The molecule has 130 valence electrons. The Balaban J connectivity index is 1.39. The first kappa shape index (κ1) is 15.9. The molecule has 4 rings (SSSR count). The van der Waals surface area contributed by atoms with Crippen LogP contribution in [0.5, 0.6) is 0 Å². The van der Waals surface area contributed by atoms with Crippen LogP contribution < -0.4 is 0 Å². The molecule has 2 atom stereocenters. The summed E-state index contributed by atoms with van der Waals surface area (Å²) in [5.74, 6) is 1.73. The summed E-state index contributed by atoms with van der Waals surface area (Å²) >= 11 is 0. The van der Waals surface area contributed by atoms with Gasteiger partial charge >= 0.3 is 0 Å². The molecule has 2 aromatic heterocycles. The lowest BCUT2D eigenvalue weighted by Crippen LogP contribution is -2.21. The molecule has 25 heavy (non-hydrogen) atoms. The van der Waals surface area contributed by atoms with Crippen molar-refractivity contribution in [1.82, 2.24) is 30.4 Å². The molecule has 0 spiro atoms. The van der Waals surface area contributed by atoms with Crippen LogP contribution >= 0.6 is 0 Å². The van der Waals surface area contributed by atoms with Crippen LogP contribution in [-0.4, -0.2) is 36.5 Å². The van der Waals surface area contributed by atoms with E-state index in [4.69, 9.17) is 9.15 Å². The van der Waals surface area contributed by atoms with E-state index in [2.05, 4.69) is 32.6 Å². The van der Waals surface area contributed by atoms with E-state index in [9.17, 15) is 0 Å². The highest BCUT2D eigenvalue weighted by atomic mass is 16.5. The van der Waals surface area contributed by atoms with Crippen LogP contribution in [0.2, 0.25) is 0 Å². The summed E-state index contributed by atoms with van der Waals surface area (Å²) in [6.07, 6.45) is 6.60. The maximum atomic E-state index is 5.93. The molecule has 1 aromatic carbocycles. The Bertz CT molecular complexity index is 799. The van der Waals surface area contributed by atoms with E-state index in [1.54, 1.807) is 11.0 Å². The van der Waals surface area contributed by atoms with Gasteiger partial charge in [0.2, 0.25) is 11.8 Å². The predicted molar refractivity (Wildman–Crippen MR) is 88.7 cm³/mol. The van der Waals surface area contributed by atoms with Crippen LogP contribution in [0.3, 0.4) is 0 Å². The molecule has 0 aliphatic heterocycles. The number of tetrazole rings is 1. The smallest absolute Gasteiger partial charge is 0.247 e. The first-order chi connectivity index (χ1) is 12.3. The zero-order valence-electron chi connectivity index (χ0n) is 14.1. The number of rotatable bonds is 5. The van der Waals surface area contributed by atoms with Gasteiger partial charge in [-0.25, -0.2) is 4.68 Å². The molecule has 8 heteroatoms. The molecule has 1 saturated carbocycles. The number of nitrogens with zero attached hydrogens (tertiary/aromatic N) is 6. The molecule has 0 amide bonds. The molecule has 2 heterocycles. The fraction of sp³-hybridized carbons (Fsp3) is 0.471. The lowest BCUT2D eigenvalue weighted by Gasteiger charge is -2.26. The first-order valence-electron chi connectivity index (χ1n) is 8.56. The molecule has 1 aliphatic carbocycles. The minimum atomic E-state index is 0.301. The summed E-state index contributed by atoms with van der Waals surface area (Å²) < 4.78 is 13.2. The third-order valence-electron chi connectivity index (χ3n) is 4.53. The molecule has 1 aliphatic rings. The highest BCUT2D eigenvalue weighted by Gasteiger charge is 2.20. The summed E-state index contributed by atoms with van der Waals surface area (Å²) in [6.45, 7) is 2.65. The second-order valence-corrected chi connectivity index (χ2v) is 6.51. The summed E-state index contributed by atoms with van der Waals surface area (Å²) in [5.41, 5.74) is 1.71. The van der Waals surface area contributed by atoms with Gasteiger partial charge in [0.05, 0.1) is 11.8 Å². The van der Waals surface area contributed by atoms with Crippen molar-refractivity contribution in [2.24, 2.45) is 5.92 Å². The minimum Gasteiger partial charge on any atom is -0.418 e. The lowest BCUT2D eigenvalue weighted by molar-refractivity contribution is -0.00444. The largest absolute Gasteiger partial charge is 0.418 e. The van der Waals surface area contributed by atoms with Crippen molar-refractivity contribution < 1.29 is 9.15 Å². The Labute approximate surface area is 145 Å². The molecule has 3 aromatic rings. The summed E-state index contributed by atoms with van der Waals surface area (Å²) in [7, 11) is 0. The molecule has 0 bridgehead atoms. The van der Waals surface area contributed by atoms with E-state index in [1.165, 1.54) is 12.8 Å². The number of hydrogen-bond donors (Lipinski definition) is 0. The summed E-state index contributed by atoms with van der Waals surface area (Å²) in [6, 6.07) is 7.60. The van der Waals surface area contributed by atoms with Crippen LogP contribution in [0.4, 0.5) is 0 Å². The van der Waals surface area contributed by atoms with Crippen molar-refractivity contribution >= 4 is 0 Å². The minimum absolute atomic E-state index is 0.301. The number of ether oxygens (including phenoxy) is 1. The zero-order chi connectivity index (χ0) is 17.1. The molecule has 8 nitrogen and oxygen atoms in total. The van der Waals surface area contributed by atoms with Crippen LogP contribution in [-0.2, 0) is 11.3 Å². The van der Waals surface area contributed by atoms with E-state index in [0.717, 1.165) is 30.0 Å². The van der Waals surface area contributed by atoms with Gasteiger partial charge < -0.3 is 9.15 Å². The molecule has 0 radical (unpaired) electrons. The average Bonchev–Trinajstić information content (AvgIpc) is 3.32. The normalized spacial score (nSPS) is 20.7. The second-order valence-electron chi connectivity index (χ2n) is 6.51. The fourth-order valence-corrected chi connectivity index (χ4v) is 3.18. The monoisotopic (exact) mass is 340 g/mol. The molecule has 0 N–H and O–H groups in total. The van der Waals surface area contributed by atoms with Crippen LogP contribution in [0.1, 0.15) is 38.5 Å². The lowest BCUT2D eigenvalue weighted by atomic mass is 9.89. The van der Waals surface area contributed by atoms with Gasteiger partial charge in [-0.15, -0.1) is 15.3 Å². The van der Waals surface area contributed by atoms with Crippen LogP contribution in [0.15, 0.2) is 35.0 Å². The molecule has 0 saturated heterocycles. The summed E-state index contributed by atoms with van der Waals surface area (Å²) in [5, 5.41) is 19.3. The third-order valence-corrected chi connectivity index (χ3v) is 4.53. The number of benzene rings is 1. The van der Waals surface area contributed by atoms with Gasteiger partial charge in [-0.05, 0) is 53.5 Å². The van der Waals surface area contributed by atoms with Gasteiger partial charge in [0.1, 0.15) is 12.9 Å². The van der Waals surface area contributed by atoms with Crippen molar-refractivity contribution in [1.29, 1.82) is 0 Å². The Kier molecular flexibility index (Phi) is 4.51. The van der Waals surface area contributed by atoms with E-state index >= 15 is 0 Å². The zero-order valence-corrected chi connectivity index (χ0v) is 14.1. The van der Waals surface area contributed by atoms with Crippen LogP contribution in [0.25, 0.3) is 17.1 Å². The first-order valence-corrected chi connectivity index (χ1v) is 8.56. The molecule has 0 unspecified atom stereocenters. The van der Waals surface area contributed by atoms with E-state index in [1.807, 2.05) is 24.3 Å². The topological polar surface area (TPSA) is 91.8 Å². The van der Waals surface area contributed by atoms with E-state index < -0.39 is 0 Å². The quantitative estimate of drug-likeness (QED) is 0.705. The van der Waals surface area contributed by atoms with Crippen molar-refractivity contribution in [3.8, 4) is 17.1 Å². The standard InChI is InChI=1S/C17H20N6O2/c1-12-3-2-4-15(9-12)24-10-16-19-20-17(25-16)13-5-7-14(8-6-13)23-11-18-21-22-23/h5-8,11-12,15H,2-4,9-10H2,1H3/t12-,15+/m0/s1. The SMILES string of the molecule is C[C@H]1CCC[C@@H](OCc2nnc(-c3ccc(-n4cnnn4)cc3)o2)C1. The Morgan fingerprint density at radius 1 is 1.20 bits per heavy atom. The second kappa shape index (κ2) is 7.10. The number of hydrogen-bond acceptors (Lipinski definition) is 7. The van der Waals surface area contributed by atoms with E-state index in [0.29, 0.717) is 24.5 Å². The average molecular weight is 340 g/mol. The Morgan fingerprint density at radius 3 is 2.84 bits per heavy atom. The van der Waals surface area contributed by atoms with Gasteiger partial charge in [-0.1, -0.05) is 19.8 Å². The maximum Gasteiger partial charge on any atom is 0.247 e. The van der Waals surface area contributed by atoms with Crippen molar-refractivity contribution in [2.75, 3.05) is 0 Å². The van der Waals surface area contributed by atoms with Gasteiger partial charge in [-0.3, -0.25) is 0 Å². The predicted octanol–water partition coefficient (Wildman–Crippen LogP) is 2.81. The van der Waals surface area contributed by atoms with Crippen LogP contribution in [0, 0.1) is 5.92 Å². The molecular formula is C17H20N6O2. The summed E-state index contributed by atoms with van der Waals surface area (Å²) in [4.78, 5) is 0. The van der Waals surface area contributed by atoms with Gasteiger partial charge in [0, 0.05) is 5.56 Å². The van der Waals surface area contributed by atoms with Crippen molar-refractivity contribution in [3.05, 3.63) is 36.5 Å².